The predicted octanol–water partition coefficient (Wildman–Crippen LogP) is 10.9. The molecule has 4 heteroatoms. The van der Waals surface area contributed by atoms with Crippen LogP contribution in [0.25, 0.3) is 88.9 Å². The number of hydrogen-bond acceptors (Lipinski definition) is 4. The van der Waals surface area contributed by atoms with Gasteiger partial charge in [0.2, 0.25) is 0 Å². The number of aromatic nitrogens is 2. The van der Waals surface area contributed by atoms with Crippen molar-refractivity contribution in [1.82, 2.24) is 9.97 Å². The summed E-state index contributed by atoms with van der Waals surface area (Å²) in [5.41, 5.74) is 10.5. The first kappa shape index (κ1) is 24.6. The summed E-state index contributed by atoms with van der Waals surface area (Å²) in [6.07, 6.45) is 0. The van der Waals surface area contributed by atoms with E-state index in [0.29, 0.717) is 5.82 Å². The molecule has 206 valence electrons. The summed E-state index contributed by atoms with van der Waals surface area (Å²) in [5, 5.41) is 4.38. The van der Waals surface area contributed by atoms with E-state index in [1.807, 2.05) is 78.9 Å². The summed E-state index contributed by atoms with van der Waals surface area (Å²) < 4.78 is 12.5. The minimum Gasteiger partial charge on any atom is -0.456 e. The minimum atomic E-state index is 0.709. The lowest BCUT2D eigenvalue weighted by atomic mass is 9.99. The molecule has 0 aliphatic carbocycles. The quantitative estimate of drug-likeness (QED) is 0.213. The van der Waals surface area contributed by atoms with Crippen molar-refractivity contribution in [2.24, 2.45) is 0 Å². The van der Waals surface area contributed by atoms with E-state index in [1.165, 1.54) is 0 Å². The molecule has 9 aromatic rings. The van der Waals surface area contributed by atoms with Crippen LogP contribution in [0.4, 0.5) is 0 Å². The van der Waals surface area contributed by atoms with Crippen molar-refractivity contribution in [3.8, 4) is 45.0 Å². The van der Waals surface area contributed by atoms with E-state index in [1.54, 1.807) is 0 Å². The fraction of sp³-hybridized carbons (Fsp3) is 0. The third-order valence-electron chi connectivity index (χ3n) is 8.32. The Hall–Kier alpha value is -6.00. The van der Waals surface area contributed by atoms with Crippen LogP contribution in [-0.4, -0.2) is 9.97 Å². The van der Waals surface area contributed by atoms with Crippen LogP contribution in [0.1, 0.15) is 0 Å². The Bertz CT molecular complexity index is 2420. The van der Waals surface area contributed by atoms with E-state index in [2.05, 4.69) is 66.7 Å². The Morgan fingerprint density at radius 3 is 1.57 bits per heavy atom. The zero-order valence-corrected chi connectivity index (χ0v) is 23.6. The van der Waals surface area contributed by atoms with Crippen molar-refractivity contribution in [1.29, 1.82) is 0 Å². The Kier molecular flexibility index (Phi) is 5.47. The molecular formula is C40H24N2O2. The van der Waals surface area contributed by atoms with Crippen LogP contribution in [0.2, 0.25) is 0 Å². The smallest absolute Gasteiger partial charge is 0.160 e. The first-order chi connectivity index (χ1) is 21.8. The van der Waals surface area contributed by atoms with E-state index in [-0.39, 0.29) is 0 Å². The Labute approximate surface area is 252 Å². The van der Waals surface area contributed by atoms with Crippen LogP contribution in [0.5, 0.6) is 0 Å². The Balaban J connectivity index is 1.12. The topological polar surface area (TPSA) is 52.1 Å². The van der Waals surface area contributed by atoms with Crippen LogP contribution in [-0.2, 0) is 0 Å². The van der Waals surface area contributed by atoms with Crippen LogP contribution in [0.15, 0.2) is 154 Å². The maximum absolute atomic E-state index is 6.39. The zero-order chi connectivity index (χ0) is 29.0. The van der Waals surface area contributed by atoms with Crippen molar-refractivity contribution in [3.05, 3.63) is 146 Å². The molecule has 0 amide bonds. The lowest BCUT2D eigenvalue weighted by Crippen LogP contribution is -1.95. The molecule has 0 spiro atoms. The van der Waals surface area contributed by atoms with Crippen molar-refractivity contribution < 1.29 is 8.83 Å². The Morgan fingerprint density at radius 1 is 0.341 bits per heavy atom. The van der Waals surface area contributed by atoms with Gasteiger partial charge in [-0.3, -0.25) is 0 Å². The molecule has 4 nitrogen and oxygen atoms in total. The van der Waals surface area contributed by atoms with Gasteiger partial charge in [-0.25, -0.2) is 9.97 Å². The number of nitrogens with zero attached hydrogens (tertiary/aromatic N) is 2. The second kappa shape index (κ2) is 9.79. The fourth-order valence-corrected chi connectivity index (χ4v) is 6.16. The van der Waals surface area contributed by atoms with Crippen LogP contribution in [0, 0.1) is 0 Å². The van der Waals surface area contributed by atoms with Gasteiger partial charge in [-0.05, 0) is 47.5 Å². The lowest BCUT2D eigenvalue weighted by Gasteiger charge is -2.10. The summed E-state index contributed by atoms with van der Waals surface area (Å²) >= 11 is 0. The molecule has 0 saturated heterocycles. The summed E-state index contributed by atoms with van der Waals surface area (Å²) in [6.45, 7) is 0. The van der Waals surface area contributed by atoms with Gasteiger partial charge in [0, 0.05) is 38.2 Å². The molecule has 0 N–H and O–H groups in total. The first-order valence-electron chi connectivity index (χ1n) is 14.7. The van der Waals surface area contributed by atoms with Crippen LogP contribution < -0.4 is 0 Å². The van der Waals surface area contributed by atoms with Crippen molar-refractivity contribution in [3.63, 3.8) is 0 Å². The molecule has 0 fully saturated rings. The third-order valence-corrected chi connectivity index (χ3v) is 8.32. The molecular weight excluding hydrogens is 540 g/mol. The standard InChI is InChI=1S/C40H24N2O2/c1-3-9-26(10-4-1)32-24-33(42-40(41-32)28-11-5-2-6-12-28)27-17-15-25(16-18-27)29-19-20-31-37(23-29)44-36-22-21-35-38(39(31)36)30-13-7-8-14-34(30)43-35/h1-24H. The highest BCUT2D eigenvalue weighted by Gasteiger charge is 2.17. The van der Waals surface area contributed by atoms with Gasteiger partial charge in [-0.2, -0.15) is 0 Å². The second-order valence-electron chi connectivity index (χ2n) is 11.0. The van der Waals surface area contributed by atoms with Crippen molar-refractivity contribution in [2.45, 2.75) is 0 Å². The number of furan rings is 2. The average molecular weight is 565 g/mol. The van der Waals surface area contributed by atoms with Crippen molar-refractivity contribution >= 4 is 43.9 Å². The van der Waals surface area contributed by atoms with Crippen molar-refractivity contribution in [2.75, 3.05) is 0 Å². The molecule has 3 aromatic heterocycles. The summed E-state index contributed by atoms with van der Waals surface area (Å²) in [4.78, 5) is 9.89. The summed E-state index contributed by atoms with van der Waals surface area (Å²) in [7, 11) is 0. The van der Waals surface area contributed by atoms with Gasteiger partial charge in [-0.15, -0.1) is 0 Å². The molecule has 44 heavy (non-hydrogen) atoms. The minimum absolute atomic E-state index is 0.709. The van der Waals surface area contributed by atoms with Gasteiger partial charge < -0.3 is 8.83 Å². The van der Waals surface area contributed by atoms with E-state index >= 15 is 0 Å². The maximum Gasteiger partial charge on any atom is 0.160 e. The zero-order valence-electron chi connectivity index (χ0n) is 23.6. The molecule has 9 rings (SSSR count). The molecule has 0 bridgehead atoms. The monoisotopic (exact) mass is 564 g/mol. The first-order valence-corrected chi connectivity index (χ1v) is 14.7. The van der Waals surface area contributed by atoms with E-state index in [9.17, 15) is 0 Å². The summed E-state index contributed by atoms with van der Waals surface area (Å²) in [6, 6.07) is 49.6. The highest BCUT2D eigenvalue weighted by atomic mass is 16.3. The lowest BCUT2D eigenvalue weighted by molar-refractivity contribution is 0.663. The molecule has 0 aliphatic heterocycles. The van der Waals surface area contributed by atoms with Crippen LogP contribution in [0.3, 0.4) is 0 Å². The third kappa shape index (κ3) is 4.00. The van der Waals surface area contributed by atoms with Crippen LogP contribution >= 0.6 is 0 Å². The molecule has 0 radical (unpaired) electrons. The van der Waals surface area contributed by atoms with E-state index in [0.717, 1.165) is 83.1 Å². The van der Waals surface area contributed by atoms with Gasteiger partial charge >= 0.3 is 0 Å². The second-order valence-corrected chi connectivity index (χ2v) is 11.0. The highest BCUT2D eigenvalue weighted by Crippen LogP contribution is 2.41. The number of rotatable bonds is 4. The average Bonchev–Trinajstić information content (AvgIpc) is 3.66. The molecule has 0 unspecified atom stereocenters. The van der Waals surface area contributed by atoms with Gasteiger partial charge in [0.25, 0.3) is 0 Å². The predicted molar refractivity (Wildman–Crippen MR) is 178 cm³/mol. The highest BCUT2D eigenvalue weighted by molar-refractivity contribution is 6.25. The number of para-hydroxylation sites is 1. The van der Waals surface area contributed by atoms with Gasteiger partial charge in [0.05, 0.1) is 11.4 Å². The molecule has 6 aromatic carbocycles. The van der Waals surface area contributed by atoms with Gasteiger partial charge in [0.15, 0.2) is 5.82 Å². The molecule has 0 saturated carbocycles. The maximum atomic E-state index is 6.39. The fourth-order valence-electron chi connectivity index (χ4n) is 6.16. The van der Waals surface area contributed by atoms with E-state index < -0.39 is 0 Å². The molecule has 0 aliphatic rings. The number of hydrogen-bond donors (Lipinski definition) is 0. The number of fused-ring (bicyclic) bond motifs is 7. The molecule has 0 atom stereocenters. The normalized spacial score (nSPS) is 11.6. The SMILES string of the molecule is c1ccc(-c2cc(-c3ccc(-c4ccc5c(c4)oc4ccc6oc7ccccc7c6c45)cc3)nc(-c3ccccc3)n2)cc1. The number of benzene rings is 6. The van der Waals surface area contributed by atoms with Gasteiger partial charge in [0.1, 0.15) is 22.3 Å². The van der Waals surface area contributed by atoms with E-state index in [4.69, 9.17) is 18.8 Å². The largest absolute Gasteiger partial charge is 0.456 e. The Morgan fingerprint density at radius 2 is 0.864 bits per heavy atom. The molecule has 3 heterocycles. The summed E-state index contributed by atoms with van der Waals surface area (Å²) in [5.74, 6) is 0.709. The van der Waals surface area contributed by atoms with Gasteiger partial charge in [-0.1, -0.05) is 109 Å².